The molecule has 0 aliphatic carbocycles. The zero-order valence-electron chi connectivity index (χ0n) is 10.4. The average Bonchev–Trinajstić information content (AvgIpc) is 2.36. The predicted molar refractivity (Wildman–Crippen MR) is 82.8 cm³/mol. The van der Waals surface area contributed by atoms with Crippen molar-refractivity contribution in [3.63, 3.8) is 0 Å². The first kappa shape index (κ1) is 15.2. The summed E-state index contributed by atoms with van der Waals surface area (Å²) < 4.78 is 27.3. The monoisotopic (exact) mass is 375 g/mol. The summed E-state index contributed by atoms with van der Waals surface area (Å²) in [6.45, 7) is 1.80. The molecule has 0 fully saturated rings. The molecule has 0 amide bonds. The van der Waals surface area contributed by atoms with Crippen LogP contribution in [-0.4, -0.2) is 13.5 Å². The van der Waals surface area contributed by atoms with Crippen LogP contribution in [0.3, 0.4) is 0 Å². The second-order valence-corrected chi connectivity index (χ2v) is 7.15. The van der Waals surface area contributed by atoms with Gasteiger partial charge < -0.3 is 5.11 Å². The van der Waals surface area contributed by atoms with Crippen LogP contribution < -0.4 is 4.72 Å². The van der Waals surface area contributed by atoms with E-state index in [0.717, 1.165) is 5.56 Å². The van der Waals surface area contributed by atoms with E-state index in [-0.39, 0.29) is 16.3 Å². The van der Waals surface area contributed by atoms with Gasteiger partial charge in [-0.1, -0.05) is 17.7 Å². The highest BCUT2D eigenvalue weighted by Crippen LogP contribution is 2.29. The molecular formula is C13H11BrClNO3S. The lowest BCUT2D eigenvalue weighted by Gasteiger charge is -2.11. The standard InChI is InChI=1S/C13H11BrClNO3S/c1-8-2-5-13(17)12(6-8)16-20(18,19)9-3-4-11(15)10(14)7-9/h2-7,16-17H,1H3. The minimum Gasteiger partial charge on any atom is -0.506 e. The molecule has 0 heterocycles. The third-order valence-electron chi connectivity index (χ3n) is 2.60. The first-order chi connectivity index (χ1) is 9.29. The molecule has 2 N–H and O–H groups in total. The number of anilines is 1. The summed E-state index contributed by atoms with van der Waals surface area (Å²) in [5.41, 5.74) is 0.967. The number of hydrogen-bond acceptors (Lipinski definition) is 3. The molecule has 7 heteroatoms. The Morgan fingerprint density at radius 3 is 2.55 bits per heavy atom. The van der Waals surface area contributed by atoms with Gasteiger partial charge in [0, 0.05) is 4.47 Å². The van der Waals surface area contributed by atoms with E-state index in [1.54, 1.807) is 19.1 Å². The van der Waals surface area contributed by atoms with Gasteiger partial charge in [0.2, 0.25) is 0 Å². The van der Waals surface area contributed by atoms with Gasteiger partial charge in [0.05, 0.1) is 15.6 Å². The number of nitrogens with one attached hydrogen (secondary N) is 1. The molecule has 0 aliphatic heterocycles. The Balaban J connectivity index is 2.40. The fourth-order valence-electron chi connectivity index (χ4n) is 1.58. The molecule has 0 aliphatic rings. The minimum atomic E-state index is -3.79. The van der Waals surface area contributed by atoms with E-state index in [1.165, 1.54) is 24.3 Å². The number of rotatable bonds is 3. The van der Waals surface area contributed by atoms with Gasteiger partial charge in [0.1, 0.15) is 5.75 Å². The van der Waals surface area contributed by atoms with E-state index in [4.69, 9.17) is 11.6 Å². The van der Waals surface area contributed by atoms with E-state index in [0.29, 0.717) is 9.50 Å². The Bertz CT molecular complexity index is 762. The SMILES string of the molecule is Cc1ccc(O)c(NS(=O)(=O)c2ccc(Cl)c(Br)c2)c1. The Hall–Kier alpha value is -1.24. The maximum absolute atomic E-state index is 12.2. The summed E-state index contributed by atoms with van der Waals surface area (Å²) in [6, 6.07) is 8.95. The molecule has 2 aromatic rings. The summed E-state index contributed by atoms with van der Waals surface area (Å²) in [5, 5.41) is 10.1. The number of sulfonamides is 1. The molecule has 0 atom stereocenters. The zero-order valence-corrected chi connectivity index (χ0v) is 13.6. The molecule has 20 heavy (non-hydrogen) atoms. The van der Waals surface area contributed by atoms with Crippen molar-refractivity contribution in [1.82, 2.24) is 0 Å². The molecule has 2 rings (SSSR count). The van der Waals surface area contributed by atoms with Gasteiger partial charge in [0.25, 0.3) is 10.0 Å². The second kappa shape index (κ2) is 5.63. The van der Waals surface area contributed by atoms with E-state index in [1.807, 2.05) is 0 Å². The van der Waals surface area contributed by atoms with Crippen molar-refractivity contribution in [3.8, 4) is 5.75 Å². The number of phenolic OH excluding ortho intramolecular Hbond substituents is 1. The largest absolute Gasteiger partial charge is 0.506 e. The van der Waals surface area contributed by atoms with Crippen LogP contribution in [0.5, 0.6) is 5.75 Å². The lowest BCUT2D eigenvalue weighted by molar-refractivity contribution is 0.477. The number of aromatic hydroxyl groups is 1. The molecule has 0 aromatic heterocycles. The van der Waals surface area contributed by atoms with Crippen LogP contribution in [0, 0.1) is 6.92 Å². The molecule has 0 unspecified atom stereocenters. The van der Waals surface area contributed by atoms with Crippen molar-refractivity contribution < 1.29 is 13.5 Å². The van der Waals surface area contributed by atoms with Gasteiger partial charge in [0.15, 0.2) is 0 Å². The third-order valence-corrected chi connectivity index (χ3v) is 5.17. The van der Waals surface area contributed by atoms with Crippen LogP contribution in [0.15, 0.2) is 45.8 Å². The average molecular weight is 377 g/mol. The van der Waals surface area contributed by atoms with Gasteiger partial charge in [-0.3, -0.25) is 4.72 Å². The van der Waals surface area contributed by atoms with Gasteiger partial charge in [-0.2, -0.15) is 0 Å². The van der Waals surface area contributed by atoms with Crippen molar-refractivity contribution in [3.05, 3.63) is 51.5 Å². The van der Waals surface area contributed by atoms with Crippen molar-refractivity contribution in [1.29, 1.82) is 0 Å². The maximum atomic E-state index is 12.2. The van der Waals surface area contributed by atoms with Crippen molar-refractivity contribution in [2.75, 3.05) is 4.72 Å². The summed E-state index contributed by atoms with van der Waals surface area (Å²) >= 11 is 9.01. The van der Waals surface area contributed by atoms with E-state index in [9.17, 15) is 13.5 Å². The van der Waals surface area contributed by atoms with Crippen molar-refractivity contribution in [2.45, 2.75) is 11.8 Å². The minimum absolute atomic E-state index is 0.0506. The van der Waals surface area contributed by atoms with Crippen LogP contribution in [0.2, 0.25) is 5.02 Å². The number of hydrogen-bond donors (Lipinski definition) is 2. The molecule has 2 aromatic carbocycles. The second-order valence-electron chi connectivity index (χ2n) is 4.20. The molecule has 0 bridgehead atoms. The zero-order chi connectivity index (χ0) is 14.9. The number of aryl methyl sites for hydroxylation is 1. The van der Waals surface area contributed by atoms with Crippen LogP contribution in [0.25, 0.3) is 0 Å². The highest BCUT2D eigenvalue weighted by molar-refractivity contribution is 9.10. The van der Waals surface area contributed by atoms with Crippen LogP contribution in [0.1, 0.15) is 5.56 Å². The van der Waals surface area contributed by atoms with E-state index < -0.39 is 10.0 Å². The molecular weight excluding hydrogens is 366 g/mol. The van der Waals surface area contributed by atoms with Gasteiger partial charge in [-0.15, -0.1) is 0 Å². The van der Waals surface area contributed by atoms with Gasteiger partial charge >= 0.3 is 0 Å². The van der Waals surface area contributed by atoms with Gasteiger partial charge in [-0.05, 0) is 58.7 Å². The number of halogens is 2. The van der Waals surface area contributed by atoms with E-state index >= 15 is 0 Å². The Morgan fingerprint density at radius 2 is 1.90 bits per heavy atom. The molecule has 0 spiro atoms. The van der Waals surface area contributed by atoms with E-state index in [2.05, 4.69) is 20.7 Å². The summed E-state index contributed by atoms with van der Waals surface area (Å²) in [5.74, 6) is -0.132. The quantitative estimate of drug-likeness (QED) is 0.798. The Labute approximate surface area is 130 Å². The predicted octanol–water partition coefficient (Wildman–Crippen LogP) is 3.92. The lowest BCUT2D eigenvalue weighted by atomic mass is 10.2. The summed E-state index contributed by atoms with van der Waals surface area (Å²) in [7, 11) is -3.79. The molecule has 4 nitrogen and oxygen atoms in total. The summed E-state index contributed by atoms with van der Waals surface area (Å²) in [6.07, 6.45) is 0. The maximum Gasteiger partial charge on any atom is 0.262 e. The lowest BCUT2D eigenvalue weighted by Crippen LogP contribution is -2.13. The highest BCUT2D eigenvalue weighted by Gasteiger charge is 2.17. The number of phenols is 1. The van der Waals surface area contributed by atoms with Gasteiger partial charge in [-0.25, -0.2) is 8.42 Å². The summed E-state index contributed by atoms with van der Waals surface area (Å²) in [4.78, 5) is 0.0506. The van der Waals surface area contributed by atoms with Crippen molar-refractivity contribution >= 4 is 43.2 Å². The Morgan fingerprint density at radius 1 is 1.20 bits per heavy atom. The first-order valence-corrected chi connectivity index (χ1v) is 8.22. The topological polar surface area (TPSA) is 66.4 Å². The molecule has 0 saturated carbocycles. The first-order valence-electron chi connectivity index (χ1n) is 5.57. The normalized spacial score (nSPS) is 11.3. The molecule has 0 saturated heterocycles. The fraction of sp³-hybridized carbons (Fsp3) is 0.0769. The number of benzene rings is 2. The Kier molecular flexibility index (Phi) is 4.27. The molecule has 106 valence electrons. The van der Waals surface area contributed by atoms with Crippen LogP contribution >= 0.6 is 27.5 Å². The van der Waals surface area contributed by atoms with Crippen molar-refractivity contribution in [2.24, 2.45) is 0 Å². The highest BCUT2D eigenvalue weighted by atomic mass is 79.9. The third kappa shape index (κ3) is 3.26. The fourth-order valence-corrected chi connectivity index (χ4v) is 3.32. The van der Waals surface area contributed by atoms with Crippen LogP contribution in [-0.2, 0) is 10.0 Å². The smallest absolute Gasteiger partial charge is 0.262 e. The van der Waals surface area contributed by atoms with Crippen LogP contribution in [0.4, 0.5) is 5.69 Å². The molecule has 0 radical (unpaired) electrons.